The monoisotopic (exact) mass is 268 g/mol. The van der Waals surface area contributed by atoms with E-state index >= 15 is 0 Å². The molecule has 0 aliphatic heterocycles. The number of para-hydroxylation sites is 1. The normalized spacial score (nSPS) is 10.4. The fraction of sp³-hybridized carbons (Fsp3) is 0. The molecule has 98 valence electrons. The molecule has 2 aromatic carbocycles. The topological polar surface area (TPSA) is 72.2 Å². The van der Waals surface area contributed by atoms with E-state index in [9.17, 15) is 4.39 Å². The third-order valence-corrected chi connectivity index (χ3v) is 2.77. The van der Waals surface area contributed by atoms with E-state index in [0.29, 0.717) is 11.0 Å². The Morgan fingerprint density at radius 2 is 2.00 bits per heavy atom. The summed E-state index contributed by atoms with van der Waals surface area (Å²) in [4.78, 5) is 0. The van der Waals surface area contributed by atoms with Crippen LogP contribution in [0.5, 0.6) is 11.5 Å². The van der Waals surface area contributed by atoms with Gasteiger partial charge in [-0.25, -0.2) is 4.39 Å². The summed E-state index contributed by atoms with van der Waals surface area (Å²) in [7, 11) is 0. The van der Waals surface area contributed by atoms with Crippen LogP contribution in [-0.4, -0.2) is 0 Å². The van der Waals surface area contributed by atoms with Crippen molar-refractivity contribution in [3.8, 4) is 17.6 Å². The fourth-order valence-electron chi connectivity index (χ4n) is 1.96. The van der Waals surface area contributed by atoms with Crippen molar-refractivity contribution >= 4 is 16.7 Å². The molecule has 0 fully saturated rings. The highest BCUT2D eigenvalue weighted by Crippen LogP contribution is 2.36. The quantitative estimate of drug-likeness (QED) is 0.717. The Hall–Kier alpha value is -3.00. The van der Waals surface area contributed by atoms with Crippen LogP contribution in [0, 0.1) is 17.1 Å². The van der Waals surface area contributed by atoms with Gasteiger partial charge in [-0.2, -0.15) is 5.26 Å². The standard InChI is InChI=1S/C15H9FN2O2/c16-9-5-10(18)7-11(6-9)19-15-12-3-1-2-4-13(12)20-14(15)8-17/h1-7H,18H2. The van der Waals surface area contributed by atoms with Crippen molar-refractivity contribution in [3.05, 3.63) is 54.0 Å². The van der Waals surface area contributed by atoms with E-state index in [4.69, 9.17) is 20.1 Å². The predicted molar refractivity (Wildman–Crippen MR) is 71.8 cm³/mol. The minimum absolute atomic E-state index is 0.0361. The summed E-state index contributed by atoms with van der Waals surface area (Å²) in [5.74, 6) is -0.000932. The first kappa shape index (κ1) is 12.1. The van der Waals surface area contributed by atoms with E-state index in [0.717, 1.165) is 0 Å². The number of ether oxygens (including phenoxy) is 1. The molecule has 0 saturated heterocycles. The summed E-state index contributed by atoms with van der Waals surface area (Å²) in [5, 5.41) is 9.73. The molecule has 0 unspecified atom stereocenters. The number of halogens is 1. The van der Waals surface area contributed by atoms with Crippen molar-refractivity contribution in [1.82, 2.24) is 0 Å². The van der Waals surface area contributed by atoms with Gasteiger partial charge in [-0.1, -0.05) is 12.1 Å². The predicted octanol–water partition coefficient (Wildman–Crippen LogP) is 3.82. The Morgan fingerprint density at radius 1 is 1.20 bits per heavy atom. The molecule has 0 radical (unpaired) electrons. The molecule has 0 spiro atoms. The van der Waals surface area contributed by atoms with Crippen molar-refractivity contribution in [2.24, 2.45) is 0 Å². The van der Waals surface area contributed by atoms with Crippen LogP contribution in [0.3, 0.4) is 0 Å². The second kappa shape index (κ2) is 4.59. The first-order chi connectivity index (χ1) is 9.67. The van der Waals surface area contributed by atoms with Gasteiger partial charge in [0.15, 0.2) is 5.75 Å². The van der Waals surface area contributed by atoms with Crippen LogP contribution in [-0.2, 0) is 0 Å². The van der Waals surface area contributed by atoms with Gasteiger partial charge >= 0.3 is 0 Å². The van der Waals surface area contributed by atoms with Gasteiger partial charge in [-0.05, 0) is 18.2 Å². The van der Waals surface area contributed by atoms with Gasteiger partial charge in [0.2, 0.25) is 5.76 Å². The summed E-state index contributed by atoms with van der Waals surface area (Å²) in [6.45, 7) is 0. The number of nitrogens with two attached hydrogens (primary N) is 1. The molecule has 0 atom stereocenters. The van der Waals surface area contributed by atoms with Crippen molar-refractivity contribution in [1.29, 1.82) is 5.26 Å². The van der Waals surface area contributed by atoms with Gasteiger partial charge in [0, 0.05) is 17.8 Å². The summed E-state index contributed by atoms with van der Waals surface area (Å²) in [5.41, 5.74) is 6.34. The zero-order chi connectivity index (χ0) is 14.1. The zero-order valence-corrected chi connectivity index (χ0v) is 10.3. The lowest BCUT2D eigenvalue weighted by atomic mass is 10.2. The highest BCUT2D eigenvalue weighted by Gasteiger charge is 2.16. The molecule has 0 amide bonds. The molecule has 0 saturated carbocycles. The number of nitrogens with zero attached hydrogens (tertiary/aromatic N) is 1. The molecule has 0 aliphatic rings. The number of nitrogen functional groups attached to an aromatic ring is 1. The highest BCUT2D eigenvalue weighted by atomic mass is 19.1. The molecule has 2 N–H and O–H groups in total. The summed E-state index contributed by atoms with van der Waals surface area (Å²) in [6, 6.07) is 12.8. The first-order valence-corrected chi connectivity index (χ1v) is 5.83. The number of furan rings is 1. The molecule has 5 heteroatoms. The lowest BCUT2D eigenvalue weighted by molar-refractivity contribution is 0.463. The van der Waals surface area contributed by atoms with Crippen LogP contribution in [0.1, 0.15) is 5.76 Å². The van der Waals surface area contributed by atoms with Crippen LogP contribution in [0.4, 0.5) is 10.1 Å². The molecular weight excluding hydrogens is 259 g/mol. The second-order valence-corrected chi connectivity index (χ2v) is 4.19. The summed E-state index contributed by atoms with van der Waals surface area (Å²) in [6.07, 6.45) is 0. The number of benzene rings is 2. The van der Waals surface area contributed by atoms with Crippen LogP contribution in [0.15, 0.2) is 46.9 Å². The van der Waals surface area contributed by atoms with E-state index in [1.807, 2.05) is 6.07 Å². The Morgan fingerprint density at radius 3 is 2.75 bits per heavy atom. The number of hydrogen-bond donors (Lipinski definition) is 1. The van der Waals surface area contributed by atoms with E-state index in [1.54, 1.807) is 24.3 Å². The Balaban J connectivity index is 2.12. The second-order valence-electron chi connectivity index (χ2n) is 4.19. The molecule has 3 aromatic rings. The lowest BCUT2D eigenvalue weighted by Gasteiger charge is -2.05. The zero-order valence-electron chi connectivity index (χ0n) is 10.3. The third kappa shape index (κ3) is 2.04. The molecule has 1 heterocycles. The van der Waals surface area contributed by atoms with Crippen molar-refractivity contribution in [2.45, 2.75) is 0 Å². The SMILES string of the molecule is N#Cc1oc2ccccc2c1Oc1cc(N)cc(F)c1. The first-order valence-electron chi connectivity index (χ1n) is 5.83. The van der Waals surface area contributed by atoms with Crippen molar-refractivity contribution in [2.75, 3.05) is 5.73 Å². The number of fused-ring (bicyclic) bond motifs is 1. The highest BCUT2D eigenvalue weighted by molar-refractivity contribution is 5.86. The smallest absolute Gasteiger partial charge is 0.247 e. The fourth-order valence-corrected chi connectivity index (χ4v) is 1.96. The maximum Gasteiger partial charge on any atom is 0.247 e. The molecule has 0 aliphatic carbocycles. The number of hydrogen-bond acceptors (Lipinski definition) is 4. The van der Waals surface area contributed by atoms with Crippen LogP contribution < -0.4 is 10.5 Å². The van der Waals surface area contributed by atoms with Gasteiger partial charge < -0.3 is 14.9 Å². The van der Waals surface area contributed by atoms with Crippen LogP contribution in [0.25, 0.3) is 11.0 Å². The molecule has 4 nitrogen and oxygen atoms in total. The average Bonchev–Trinajstić information content (AvgIpc) is 2.76. The van der Waals surface area contributed by atoms with Gasteiger partial charge in [-0.15, -0.1) is 0 Å². The molecule has 1 aromatic heterocycles. The number of nitriles is 1. The van der Waals surface area contributed by atoms with E-state index in [1.165, 1.54) is 18.2 Å². The Kier molecular flexibility index (Phi) is 2.77. The Labute approximate surface area is 113 Å². The van der Waals surface area contributed by atoms with E-state index in [2.05, 4.69) is 0 Å². The lowest BCUT2D eigenvalue weighted by Crippen LogP contribution is -1.90. The minimum Gasteiger partial charge on any atom is -0.452 e. The molecule has 20 heavy (non-hydrogen) atoms. The van der Waals surface area contributed by atoms with Crippen LogP contribution in [0.2, 0.25) is 0 Å². The van der Waals surface area contributed by atoms with Crippen LogP contribution >= 0.6 is 0 Å². The molecule has 3 rings (SSSR count). The molecule has 0 bridgehead atoms. The summed E-state index contributed by atoms with van der Waals surface area (Å²) < 4.78 is 24.3. The van der Waals surface area contributed by atoms with E-state index in [-0.39, 0.29) is 22.9 Å². The largest absolute Gasteiger partial charge is 0.452 e. The summed E-state index contributed by atoms with van der Waals surface area (Å²) >= 11 is 0. The van der Waals surface area contributed by atoms with Gasteiger partial charge in [0.05, 0.1) is 5.39 Å². The van der Waals surface area contributed by atoms with Crippen molar-refractivity contribution < 1.29 is 13.5 Å². The van der Waals surface area contributed by atoms with Gasteiger partial charge in [0.25, 0.3) is 0 Å². The maximum absolute atomic E-state index is 13.3. The average molecular weight is 268 g/mol. The molecular formula is C15H9FN2O2. The Bertz CT molecular complexity index is 813. The van der Waals surface area contributed by atoms with Crippen molar-refractivity contribution in [3.63, 3.8) is 0 Å². The maximum atomic E-state index is 13.3. The van der Waals surface area contributed by atoms with E-state index < -0.39 is 5.82 Å². The number of anilines is 1. The number of rotatable bonds is 2. The van der Waals surface area contributed by atoms with Gasteiger partial charge in [-0.3, -0.25) is 0 Å². The third-order valence-electron chi connectivity index (χ3n) is 2.77. The van der Waals surface area contributed by atoms with Gasteiger partial charge in [0.1, 0.15) is 23.2 Å². The minimum atomic E-state index is -0.508.